The molecule has 1 N–H and O–H groups in total. The van der Waals surface area contributed by atoms with Crippen LogP contribution < -0.4 is 0 Å². The highest BCUT2D eigenvalue weighted by Crippen LogP contribution is 2.30. The summed E-state index contributed by atoms with van der Waals surface area (Å²) in [6.07, 6.45) is -3.78. The van der Waals surface area contributed by atoms with Gasteiger partial charge in [-0.15, -0.1) is 11.8 Å². The molecule has 136 valence electrons. The fourth-order valence-electron chi connectivity index (χ4n) is 2.02. The zero-order valence-corrected chi connectivity index (χ0v) is 14.2. The molecule has 0 amide bonds. The molecule has 2 aromatic rings. The Balaban J connectivity index is 2.67. The summed E-state index contributed by atoms with van der Waals surface area (Å²) in [4.78, 5) is 16.0. The topological polar surface area (TPSA) is 49.7 Å². The number of carbonyl (C=O) groups is 1. The number of benzene rings is 2. The number of aliphatic hydroxyl groups is 1. The molecule has 3 nitrogen and oxygen atoms in total. The van der Waals surface area contributed by atoms with Crippen LogP contribution in [0, 0.1) is 5.82 Å². The van der Waals surface area contributed by atoms with Gasteiger partial charge in [-0.25, -0.2) is 9.38 Å². The quantitative estimate of drug-likeness (QED) is 0.256. The first kappa shape index (κ1) is 19.7. The van der Waals surface area contributed by atoms with E-state index in [-0.39, 0.29) is 10.6 Å². The fourth-order valence-corrected chi connectivity index (χ4v) is 2.61. The van der Waals surface area contributed by atoms with Gasteiger partial charge in [-0.3, -0.25) is 4.79 Å². The highest BCUT2D eigenvalue weighted by molar-refractivity contribution is 8.14. The lowest BCUT2D eigenvalue weighted by molar-refractivity contribution is -0.165. The van der Waals surface area contributed by atoms with Crippen LogP contribution in [-0.2, 0) is 4.79 Å². The van der Waals surface area contributed by atoms with E-state index in [2.05, 4.69) is 4.99 Å². The Morgan fingerprint density at radius 1 is 1.04 bits per heavy atom. The second kappa shape index (κ2) is 8.18. The third-order valence-electron chi connectivity index (χ3n) is 3.23. The minimum atomic E-state index is -5.21. The maximum atomic E-state index is 13.1. The predicted octanol–water partition coefficient (Wildman–Crippen LogP) is 5.32. The van der Waals surface area contributed by atoms with E-state index >= 15 is 0 Å². The van der Waals surface area contributed by atoms with E-state index in [0.717, 1.165) is 36.0 Å². The van der Waals surface area contributed by atoms with Crippen molar-refractivity contribution in [2.24, 2.45) is 4.99 Å². The second-order valence-electron chi connectivity index (χ2n) is 5.01. The average Bonchev–Trinajstić information content (AvgIpc) is 2.61. The van der Waals surface area contributed by atoms with Crippen molar-refractivity contribution < 1.29 is 27.5 Å². The number of halogens is 4. The Morgan fingerprint density at radius 3 is 2.12 bits per heavy atom. The van der Waals surface area contributed by atoms with Gasteiger partial charge in [0.2, 0.25) is 0 Å². The Labute approximate surface area is 151 Å². The number of Topliss-reactive ketones (excluding diaryl/α,β-unsaturated/α-hetero) is 1. The minimum absolute atomic E-state index is 0.131. The van der Waals surface area contributed by atoms with Crippen LogP contribution >= 0.6 is 11.8 Å². The largest absolute Gasteiger partial charge is 0.506 e. The Hall–Kier alpha value is -2.61. The number of hydrogen-bond acceptors (Lipinski definition) is 4. The van der Waals surface area contributed by atoms with Gasteiger partial charge >= 0.3 is 6.18 Å². The van der Waals surface area contributed by atoms with Crippen molar-refractivity contribution in [1.82, 2.24) is 0 Å². The van der Waals surface area contributed by atoms with Gasteiger partial charge in [0.05, 0.1) is 5.69 Å². The molecule has 0 aromatic heterocycles. The van der Waals surface area contributed by atoms with Gasteiger partial charge in [0.15, 0.2) is 0 Å². The van der Waals surface area contributed by atoms with Crippen molar-refractivity contribution in [2.75, 3.05) is 6.26 Å². The fraction of sp³-hybridized carbons (Fsp3) is 0.111. The average molecular weight is 383 g/mol. The molecule has 8 heteroatoms. The van der Waals surface area contributed by atoms with E-state index in [1.54, 1.807) is 30.3 Å². The van der Waals surface area contributed by atoms with E-state index in [1.807, 2.05) is 0 Å². The van der Waals surface area contributed by atoms with Crippen LogP contribution in [0.2, 0.25) is 0 Å². The third kappa shape index (κ3) is 4.72. The van der Waals surface area contributed by atoms with Crippen LogP contribution in [0.25, 0.3) is 5.76 Å². The predicted molar refractivity (Wildman–Crippen MR) is 94.1 cm³/mol. The molecular formula is C18H13F4NO2S. The van der Waals surface area contributed by atoms with Crippen LogP contribution in [0.5, 0.6) is 0 Å². The number of hydrogen-bond donors (Lipinski definition) is 1. The molecule has 0 aliphatic rings. The maximum absolute atomic E-state index is 13.1. The van der Waals surface area contributed by atoms with Crippen molar-refractivity contribution in [3.05, 3.63) is 71.6 Å². The molecule has 0 atom stereocenters. The lowest BCUT2D eigenvalue weighted by atomic mass is 10.0. The standard InChI is InChI=1S/C18H13F4NO2S/c1-26-17(23-13-5-3-2-4-6-13)14(16(25)18(20,21)22)15(24)11-7-9-12(19)10-8-11/h2-10,24H,1H3/b15-14-,23-17?. The SMILES string of the molecule is CSC(=Nc1ccccc1)/C(C(=O)C(F)(F)F)=C(\O)c1ccc(F)cc1. The smallest absolute Gasteiger partial charge is 0.455 e. The zero-order chi connectivity index (χ0) is 19.3. The summed E-state index contributed by atoms with van der Waals surface area (Å²) in [5.41, 5.74) is -0.800. The highest BCUT2D eigenvalue weighted by Gasteiger charge is 2.44. The summed E-state index contributed by atoms with van der Waals surface area (Å²) in [7, 11) is 0. The molecule has 0 bridgehead atoms. The number of nitrogens with zero attached hydrogens (tertiary/aromatic N) is 1. The van der Waals surface area contributed by atoms with Gasteiger partial charge in [-0.2, -0.15) is 13.2 Å². The molecule has 2 rings (SSSR count). The van der Waals surface area contributed by atoms with Crippen LogP contribution in [0.15, 0.2) is 65.2 Å². The monoisotopic (exact) mass is 383 g/mol. The summed E-state index contributed by atoms with van der Waals surface area (Å²) >= 11 is 0.781. The van der Waals surface area contributed by atoms with E-state index in [9.17, 15) is 27.5 Å². The minimum Gasteiger partial charge on any atom is -0.506 e. The van der Waals surface area contributed by atoms with Gasteiger partial charge < -0.3 is 5.11 Å². The Morgan fingerprint density at radius 2 is 1.62 bits per heavy atom. The molecule has 2 aromatic carbocycles. The third-order valence-corrected chi connectivity index (χ3v) is 3.92. The van der Waals surface area contributed by atoms with Crippen molar-refractivity contribution >= 4 is 34.0 Å². The van der Waals surface area contributed by atoms with E-state index < -0.39 is 29.1 Å². The molecule has 0 aliphatic heterocycles. The van der Waals surface area contributed by atoms with Crippen molar-refractivity contribution in [2.45, 2.75) is 6.18 Å². The lowest BCUT2D eigenvalue weighted by Crippen LogP contribution is -2.28. The van der Waals surface area contributed by atoms with Crippen molar-refractivity contribution in [3.63, 3.8) is 0 Å². The van der Waals surface area contributed by atoms with Crippen molar-refractivity contribution in [3.8, 4) is 0 Å². The zero-order valence-electron chi connectivity index (χ0n) is 13.4. The summed E-state index contributed by atoms with van der Waals surface area (Å²) in [6, 6.07) is 12.1. The first-order valence-electron chi connectivity index (χ1n) is 7.23. The molecule has 0 radical (unpaired) electrons. The van der Waals surface area contributed by atoms with Gasteiger partial charge in [0, 0.05) is 5.56 Å². The second-order valence-corrected chi connectivity index (χ2v) is 5.81. The normalized spacial score (nSPS) is 13.3. The van der Waals surface area contributed by atoms with E-state index in [0.29, 0.717) is 5.69 Å². The molecule has 26 heavy (non-hydrogen) atoms. The number of aliphatic hydroxyl groups excluding tert-OH is 1. The summed E-state index contributed by atoms with van der Waals surface area (Å²) in [5, 5.41) is 10.0. The van der Waals surface area contributed by atoms with Gasteiger partial charge in [-0.1, -0.05) is 18.2 Å². The molecule has 0 aliphatic carbocycles. The molecule has 0 unspecified atom stereocenters. The number of aliphatic imine (C=N–C) groups is 1. The van der Waals surface area contributed by atoms with Crippen LogP contribution in [-0.4, -0.2) is 28.4 Å². The number of alkyl halides is 3. The van der Waals surface area contributed by atoms with Crippen LogP contribution in [0.4, 0.5) is 23.2 Å². The summed E-state index contributed by atoms with van der Waals surface area (Å²) in [6.45, 7) is 0. The lowest BCUT2D eigenvalue weighted by Gasteiger charge is -2.13. The molecule has 0 heterocycles. The van der Waals surface area contributed by atoms with Crippen LogP contribution in [0.1, 0.15) is 5.56 Å². The van der Waals surface area contributed by atoms with Gasteiger partial charge in [-0.05, 0) is 42.7 Å². The maximum Gasteiger partial charge on any atom is 0.455 e. The van der Waals surface area contributed by atoms with Gasteiger partial charge in [0.1, 0.15) is 22.2 Å². The summed E-state index contributed by atoms with van der Waals surface area (Å²) < 4.78 is 52.2. The molecular weight excluding hydrogens is 370 g/mol. The molecule has 0 saturated heterocycles. The first-order valence-corrected chi connectivity index (χ1v) is 8.45. The number of ketones is 1. The van der Waals surface area contributed by atoms with E-state index in [4.69, 9.17) is 0 Å². The molecule has 0 spiro atoms. The Bertz CT molecular complexity index is 844. The van der Waals surface area contributed by atoms with Crippen molar-refractivity contribution in [1.29, 1.82) is 0 Å². The number of thioether (sulfide) groups is 1. The molecule has 0 fully saturated rings. The summed E-state index contributed by atoms with van der Waals surface area (Å²) in [5.74, 6) is -3.78. The van der Waals surface area contributed by atoms with E-state index in [1.165, 1.54) is 6.26 Å². The van der Waals surface area contributed by atoms with Crippen LogP contribution in [0.3, 0.4) is 0 Å². The number of rotatable bonds is 4. The highest BCUT2D eigenvalue weighted by atomic mass is 32.2. The van der Waals surface area contributed by atoms with Gasteiger partial charge in [0.25, 0.3) is 5.78 Å². The number of para-hydroxylation sites is 1. The number of carbonyl (C=O) groups excluding carboxylic acids is 1. The molecule has 0 saturated carbocycles. The first-order chi connectivity index (χ1) is 12.2. The Kier molecular flexibility index (Phi) is 6.20.